The molecule has 0 aliphatic rings. The smallest absolute Gasteiger partial charge is 0.326 e. The Bertz CT molecular complexity index is 284. The number of carbonyl (C=O) groups is 1. The minimum Gasteiger partial charge on any atom is -0.480 e. The third-order valence-corrected chi connectivity index (χ3v) is 1.88. The number of carboxylic acid groups (broad SMARTS) is 1. The van der Waals surface area contributed by atoms with Crippen LogP contribution in [-0.2, 0) is 4.79 Å². The van der Waals surface area contributed by atoms with Gasteiger partial charge in [0, 0.05) is 5.69 Å². The van der Waals surface area contributed by atoms with Crippen LogP contribution in [0, 0.1) is 0 Å². The number of halogens is 1. The fraction of sp³-hybridized carbons (Fsp3) is 0.125. The minimum atomic E-state index is -1.05. The van der Waals surface area contributed by atoms with Crippen LogP contribution < -0.4 is 5.73 Å². The molecule has 0 amide bonds. The van der Waals surface area contributed by atoms with Gasteiger partial charge in [-0.1, -0.05) is 12.1 Å². The van der Waals surface area contributed by atoms with Crippen molar-refractivity contribution >= 4 is 23.3 Å². The number of hydrogen-bond acceptors (Lipinski definition) is 2. The molecule has 1 unspecified atom stereocenters. The first-order valence-corrected chi connectivity index (χ1v) is 3.77. The van der Waals surface area contributed by atoms with Gasteiger partial charge in [0.25, 0.3) is 0 Å². The van der Waals surface area contributed by atoms with Crippen LogP contribution in [0.2, 0.25) is 0 Å². The van der Waals surface area contributed by atoms with E-state index in [0.29, 0.717) is 11.3 Å². The monoisotopic (exact) mass is 185 g/mol. The van der Waals surface area contributed by atoms with Crippen LogP contribution in [0.3, 0.4) is 0 Å². The molecule has 1 rings (SSSR count). The topological polar surface area (TPSA) is 63.3 Å². The van der Waals surface area contributed by atoms with E-state index in [2.05, 4.69) is 0 Å². The molecule has 1 aromatic rings. The summed E-state index contributed by atoms with van der Waals surface area (Å²) in [5, 5.41) is 7.55. The maximum Gasteiger partial charge on any atom is 0.326 e. The minimum absolute atomic E-state index is 0.540. The first kappa shape index (κ1) is 8.87. The van der Waals surface area contributed by atoms with Gasteiger partial charge in [-0.2, -0.15) is 0 Å². The first-order valence-electron chi connectivity index (χ1n) is 3.33. The molecular weight excluding hydrogens is 178 g/mol. The van der Waals surface area contributed by atoms with E-state index in [1.807, 2.05) is 0 Å². The van der Waals surface area contributed by atoms with Crippen LogP contribution in [-0.4, -0.2) is 11.1 Å². The van der Waals surface area contributed by atoms with Crippen molar-refractivity contribution in [3.05, 3.63) is 29.8 Å². The number of nitrogen functional groups attached to an aromatic ring is 1. The molecule has 0 radical (unpaired) electrons. The maximum absolute atomic E-state index is 10.4. The fourth-order valence-corrected chi connectivity index (χ4v) is 0.953. The highest BCUT2D eigenvalue weighted by Gasteiger charge is 2.15. The number of anilines is 1. The van der Waals surface area contributed by atoms with E-state index in [9.17, 15) is 4.79 Å². The van der Waals surface area contributed by atoms with E-state index in [0.717, 1.165) is 0 Å². The molecule has 0 heterocycles. The van der Waals surface area contributed by atoms with Gasteiger partial charge in [-0.15, -0.1) is 11.6 Å². The summed E-state index contributed by atoms with van der Waals surface area (Å²) in [5.41, 5.74) is 6.54. The van der Waals surface area contributed by atoms with E-state index in [4.69, 9.17) is 22.4 Å². The third kappa shape index (κ3) is 1.89. The molecule has 0 aromatic heterocycles. The number of alkyl halides is 1. The molecule has 3 nitrogen and oxygen atoms in total. The molecule has 0 spiro atoms. The van der Waals surface area contributed by atoms with E-state index >= 15 is 0 Å². The van der Waals surface area contributed by atoms with Crippen molar-refractivity contribution in [3.8, 4) is 0 Å². The zero-order valence-corrected chi connectivity index (χ0v) is 6.95. The highest BCUT2D eigenvalue weighted by Crippen LogP contribution is 2.21. The lowest BCUT2D eigenvalue weighted by molar-refractivity contribution is -0.136. The van der Waals surface area contributed by atoms with Gasteiger partial charge >= 0.3 is 5.97 Å². The van der Waals surface area contributed by atoms with Gasteiger partial charge in [0.05, 0.1) is 0 Å². The number of nitrogens with two attached hydrogens (primary N) is 1. The molecule has 1 aromatic carbocycles. The average molecular weight is 186 g/mol. The van der Waals surface area contributed by atoms with Crippen LogP contribution in [0.4, 0.5) is 5.69 Å². The van der Waals surface area contributed by atoms with E-state index < -0.39 is 11.3 Å². The molecular formula is C8H8ClNO2. The number of carboxylic acids is 1. The standard InChI is InChI=1S/C8H8ClNO2/c9-7(8(11)12)5-1-3-6(10)4-2-5/h1-4,7H,10H2,(H,11,12). The largest absolute Gasteiger partial charge is 0.480 e. The SMILES string of the molecule is Nc1ccc(C(Cl)C(=O)O)cc1. The normalized spacial score (nSPS) is 12.4. The second kappa shape index (κ2) is 3.45. The Hall–Kier alpha value is -1.22. The maximum atomic E-state index is 10.4. The molecule has 64 valence electrons. The molecule has 0 bridgehead atoms. The van der Waals surface area contributed by atoms with Gasteiger partial charge < -0.3 is 10.8 Å². The second-order valence-electron chi connectivity index (χ2n) is 2.37. The number of rotatable bonds is 2. The molecule has 4 heteroatoms. The molecule has 0 saturated heterocycles. The highest BCUT2D eigenvalue weighted by atomic mass is 35.5. The lowest BCUT2D eigenvalue weighted by Gasteiger charge is -2.03. The Morgan fingerprint density at radius 2 is 1.92 bits per heavy atom. The van der Waals surface area contributed by atoms with Crippen molar-refractivity contribution in [2.24, 2.45) is 0 Å². The van der Waals surface area contributed by atoms with E-state index in [1.54, 1.807) is 24.3 Å². The van der Waals surface area contributed by atoms with Crippen molar-refractivity contribution in [1.82, 2.24) is 0 Å². The van der Waals surface area contributed by atoms with Crippen LogP contribution in [0.15, 0.2) is 24.3 Å². The van der Waals surface area contributed by atoms with Gasteiger partial charge in [0.1, 0.15) is 0 Å². The Labute approximate surface area is 74.8 Å². The summed E-state index contributed by atoms with van der Waals surface area (Å²) in [7, 11) is 0. The van der Waals surface area contributed by atoms with Gasteiger partial charge in [-0.05, 0) is 17.7 Å². The van der Waals surface area contributed by atoms with E-state index in [-0.39, 0.29) is 0 Å². The number of hydrogen-bond donors (Lipinski definition) is 2. The van der Waals surface area contributed by atoms with Crippen molar-refractivity contribution < 1.29 is 9.90 Å². The van der Waals surface area contributed by atoms with Crippen LogP contribution in [0.1, 0.15) is 10.9 Å². The summed E-state index contributed by atoms with van der Waals surface area (Å²) in [6.07, 6.45) is 0. The number of aliphatic carboxylic acids is 1. The molecule has 0 aliphatic carbocycles. The summed E-state index contributed by atoms with van der Waals surface area (Å²) in [6, 6.07) is 6.43. The van der Waals surface area contributed by atoms with Gasteiger partial charge in [-0.25, -0.2) is 0 Å². The average Bonchev–Trinajstić information content (AvgIpc) is 2.04. The summed E-state index contributed by atoms with van der Waals surface area (Å²) in [4.78, 5) is 10.4. The molecule has 0 aliphatic heterocycles. The van der Waals surface area contributed by atoms with Crippen LogP contribution in [0.25, 0.3) is 0 Å². The van der Waals surface area contributed by atoms with Crippen LogP contribution in [0.5, 0.6) is 0 Å². The summed E-state index contributed by atoms with van der Waals surface area (Å²) in [5.74, 6) is -1.05. The summed E-state index contributed by atoms with van der Waals surface area (Å²) >= 11 is 5.55. The Kier molecular flexibility index (Phi) is 2.55. The predicted molar refractivity (Wildman–Crippen MR) is 47.1 cm³/mol. The number of benzene rings is 1. The van der Waals surface area contributed by atoms with Gasteiger partial charge in [-0.3, -0.25) is 4.79 Å². The zero-order valence-electron chi connectivity index (χ0n) is 6.20. The lowest BCUT2D eigenvalue weighted by atomic mass is 10.1. The first-order chi connectivity index (χ1) is 5.61. The van der Waals surface area contributed by atoms with Crippen molar-refractivity contribution in [1.29, 1.82) is 0 Å². The third-order valence-electron chi connectivity index (χ3n) is 1.45. The zero-order chi connectivity index (χ0) is 9.14. The van der Waals surface area contributed by atoms with Crippen molar-refractivity contribution in [2.75, 3.05) is 5.73 Å². The van der Waals surface area contributed by atoms with Gasteiger partial charge in [0.2, 0.25) is 0 Å². The van der Waals surface area contributed by atoms with Crippen molar-refractivity contribution in [3.63, 3.8) is 0 Å². The van der Waals surface area contributed by atoms with Crippen LogP contribution >= 0.6 is 11.6 Å². The predicted octanol–water partition coefficient (Wildman–Crippen LogP) is 1.63. The molecule has 0 saturated carbocycles. The second-order valence-corrected chi connectivity index (χ2v) is 2.80. The quantitative estimate of drug-likeness (QED) is 0.544. The summed E-state index contributed by atoms with van der Waals surface area (Å²) < 4.78 is 0. The Balaban J connectivity index is 2.89. The molecule has 0 fully saturated rings. The molecule has 3 N–H and O–H groups in total. The fourth-order valence-electron chi connectivity index (χ4n) is 0.808. The van der Waals surface area contributed by atoms with Crippen molar-refractivity contribution in [2.45, 2.75) is 5.38 Å². The highest BCUT2D eigenvalue weighted by molar-refractivity contribution is 6.29. The Morgan fingerprint density at radius 3 is 2.33 bits per heavy atom. The van der Waals surface area contributed by atoms with E-state index in [1.165, 1.54) is 0 Å². The Morgan fingerprint density at radius 1 is 1.42 bits per heavy atom. The molecule has 12 heavy (non-hydrogen) atoms. The van der Waals surface area contributed by atoms with Gasteiger partial charge in [0.15, 0.2) is 5.38 Å². The molecule has 1 atom stereocenters. The lowest BCUT2D eigenvalue weighted by Crippen LogP contribution is -2.04. The summed E-state index contributed by atoms with van der Waals surface area (Å²) in [6.45, 7) is 0.